The molecule has 4 nitrogen and oxygen atoms in total. The van der Waals surface area contributed by atoms with Crippen LogP contribution in [0.2, 0.25) is 0 Å². The maximum absolute atomic E-state index is 13.0. The largest absolute Gasteiger partial charge is 0.454 e. The Bertz CT molecular complexity index is 920. The van der Waals surface area contributed by atoms with Gasteiger partial charge in [0.15, 0.2) is 11.5 Å². The van der Waals surface area contributed by atoms with Crippen LogP contribution in [0.1, 0.15) is 33.1 Å². The molecule has 1 amide bonds. The van der Waals surface area contributed by atoms with Crippen molar-refractivity contribution in [2.24, 2.45) is 0 Å². The average Bonchev–Trinajstić information content (AvgIpc) is 3.16. The predicted molar refractivity (Wildman–Crippen MR) is 99.5 cm³/mol. The molecule has 4 rings (SSSR count). The number of rotatable bonds is 4. The van der Waals surface area contributed by atoms with E-state index in [4.69, 9.17) is 9.47 Å². The van der Waals surface area contributed by atoms with Crippen LogP contribution in [0.15, 0.2) is 72.8 Å². The van der Waals surface area contributed by atoms with Crippen molar-refractivity contribution in [3.8, 4) is 11.5 Å². The second-order valence-electron chi connectivity index (χ2n) is 6.27. The van der Waals surface area contributed by atoms with Gasteiger partial charge in [-0.05, 0) is 30.2 Å². The number of aryl methyl sites for hydroxylation is 1. The highest BCUT2D eigenvalue weighted by Gasteiger charge is 2.24. The van der Waals surface area contributed by atoms with Gasteiger partial charge in [-0.2, -0.15) is 0 Å². The zero-order chi connectivity index (χ0) is 17.9. The maximum Gasteiger partial charge on any atom is 0.255 e. The molecule has 4 heteroatoms. The van der Waals surface area contributed by atoms with Crippen LogP contribution < -0.4 is 14.8 Å². The van der Waals surface area contributed by atoms with Gasteiger partial charge in [-0.3, -0.25) is 4.79 Å². The predicted octanol–water partition coefficient (Wildman–Crippen LogP) is 4.24. The molecule has 1 heterocycles. The number of carbonyl (C=O) groups is 1. The molecule has 1 aliphatic rings. The van der Waals surface area contributed by atoms with Crippen molar-refractivity contribution in [1.29, 1.82) is 0 Å². The fraction of sp³-hybridized carbons (Fsp3) is 0.136. The Balaban J connectivity index is 1.68. The summed E-state index contributed by atoms with van der Waals surface area (Å²) in [6, 6.07) is 23.2. The summed E-state index contributed by atoms with van der Waals surface area (Å²) in [5, 5.41) is 3.14. The van der Waals surface area contributed by atoms with Crippen LogP contribution in [-0.4, -0.2) is 12.7 Å². The van der Waals surface area contributed by atoms with Crippen molar-refractivity contribution in [1.82, 2.24) is 5.32 Å². The minimum Gasteiger partial charge on any atom is -0.454 e. The van der Waals surface area contributed by atoms with Gasteiger partial charge >= 0.3 is 0 Å². The smallest absolute Gasteiger partial charge is 0.255 e. The molecule has 0 spiro atoms. The van der Waals surface area contributed by atoms with Crippen molar-refractivity contribution in [2.45, 2.75) is 13.0 Å². The number of hydrogen-bond acceptors (Lipinski definition) is 3. The molecule has 1 unspecified atom stereocenters. The first kappa shape index (κ1) is 16.2. The van der Waals surface area contributed by atoms with E-state index in [9.17, 15) is 4.79 Å². The van der Waals surface area contributed by atoms with Gasteiger partial charge in [0, 0.05) is 0 Å². The van der Waals surface area contributed by atoms with E-state index in [2.05, 4.69) is 17.4 Å². The molecule has 3 aromatic rings. The van der Waals surface area contributed by atoms with Gasteiger partial charge in [0.1, 0.15) is 0 Å². The highest BCUT2D eigenvalue weighted by Crippen LogP contribution is 2.35. The number of ether oxygens (including phenoxy) is 2. The molecule has 0 fully saturated rings. The lowest BCUT2D eigenvalue weighted by molar-refractivity contribution is 0.0938. The van der Waals surface area contributed by atoms with Crippen molar-refractivity contribution in [3.63, 3.8) is 0 Å². The maximum atomic E-state index is 13.0. The molecule has 0 aromatic heterocycles. The quantitative estimate of drug-likeness (QED) is 0.769. The van der Waals surface area contributed by atoms with Crippen LogP contribution in [0, 0.1) is 6.92 Å². The first-order valence-electron chi connectivity index (χ1n) is 8.53. The highest BCUT2D eigenvalue weighted by atomic mass is 16.7. The summed E-state index contributed by atoms with van der Waals surface area (Å²) in [5.41, 5.74) is 3.71. The third-order valence-corrected chi connectivity index (χ3v) is 4.46. The molecule has 0 radical (unpaired) electrons. The van der Waals surface area contributed by atoms with E-state index in [1.165, 1.54) is 5.56 Å². The van der Waals surface area contributed by atoms with Gasteiger partial charge in [0.2, 0.25) is 6.79 Å². The molecule has 130 valence electrons. The van der Waals surface area contributed by atoms with Crippen molar-refractivity contribution in [3.05, 3.63) is 95.1 Å². The van der Waals surface area contributed by atoms with Crippen molar-refractivity contribution < 1.29 is 14.3 Å². The van der Waals surface area contributed by atoms with Gasteiger partial charge in [-0.25, -0.2) is 0 Å². The zero-order valence-corrected chi connectivity index (χ0v) is 14.4. The van der Waals surface area contributed by atoms with Crippen molar-refractivity contribution >= 4 is 5.91 Å². The number of hydrogen-bond donors (Lipinski definition) is 1. The molecule has 26 heavy (non-hydrogen) atoms. The SMILES string of the molecule is Cc1ccc(C(NC(=O)c2cccc3c2OCO3)c2ccccc2)cc1. The van der Waals surface area contributed by atoms with E-state index in [0.717, 1.165) is 11.1 Å². The van der Waals surface area contributed by atoms with E-state index in [1.807, 2.05) is 49.4 Å². The summed E-state index contributed by atoms with van der Waals surface area (Å²) in [5.74, 6) is 0.909. The van der Waals surface area contributed by atoms with Crippen LogP contribution in [0.3, 0.4) is 0 Å². The number of carbonyl (C=O) groups excluding carboxylic acids is 1. The monoisotopic (exact) mass is 345 g/mol. The molecule has 0 saturated heterocycles. The van der Waals surface area contributed by atoms with Crippen LogP contribution in [0.4, 0.5) is 0 Å². The molecule has 0 saturated carbocycles. The third-order valence-electron chi connectivity index (χ3n) is 4.46. The standard InChI is InChI=1S/C22H19NO3/c1-15-10-12-17(13-11-15)20(16-6-3-2-4-7-16)23-22(24)18-8-5-9-19-21(18)26-14-25-19/h2-13,20H,14H2,1H3,(H,23,24). The normalized spacial score (nSPS) is 13.3. The van der Waals surface area contributed by atoms with Crippen LogP contribution >= 0.6 is 0 Å². The number of nitrogens with one attached hydrogen (secondary N) is 1. The van der Waals surface area contributed by atoms with E-state index >= 15 is 0 Å². The lowest BCUT2D eigenvalue weighted by Crippen LogP contribution is -2.29. The summed E-state index contributed by atoms with van der Waals surface area (Å²) >= 11 is 0. The summed E-state index contributed by atoms with van der Waals surface area (Å²) in [6.45, 7) is 2.18. The number of amides is 1. The second-order valence-corrected chi connectivity index (χ2v) is 6.27. The van der Waals surface area contributed by atoms with Gasteiger partial charge in [0.05, 0.1) is 11.6 Å². The van der Waals surface area contributed by atoms with Gasteiger partial charge in [-0.15, -0.1) is 0 Å². The molecular weight excluding hydrogens is 326 g/mol. The molecule has 1 N–H and O–H groups in total. The second kappa shape index (κ2) is 6.92. The van der Waals surface area contributed by atoms with Crippen LogP contribution in [0.5, 0.6) is 11.5 Å². The minimum atomic E-state index is -0.248. The molecular formula is C22H19NO3. The first-order valence-corrected chi connectivity index (χ1v) is 8.53. The zero-order valence-electron chi connectivity index (χ0n) is 14.4. The van der Waals surface area contributed by atoms with Gasteiger partial charge < -0.3 is 14.8 Å². The Kier molecular flexibility index (Phi) is 4.32. The van der Waals surface area contributed by atoms with E-state index in [0.29, 0.717) is 17.1 Å². The van der Waals surface area contributed by atoms with Gasteiger partial charge in [-0.1, -0.05) is 66.2 Å². The summed E-state index contributed by atoms with van der Waals surface area (Å²) in [6.07, 6.45) is 0. The van der Waals surface area contributed by atoms with Crippen LogP contribution in [-0.2, 0) is 0 Å². The van der Waals surface area contributed by atoms with E-state index in [-0.39, 0.29) is 18.7 Å². The number of para-hydroxylation sites is 1. The Morgan fingerprint density at radius 2 is 1.62 bits per heavy atom. The summed E-state index contributed by atoms with van der Waals surface area (Å²) < 4.78 is 10.9. The Labute approximate surface area is 152 Å². The third kappa shape index (κ3) is 3.14. The Hall–Kier alpha value is -3.27. The molecule has 1 aliphatic heterocycles. The number of benzene rings is 3. The molecule has 1 atom stereocenters. The summed E-state index contributed by atoms with van der Waals surface area (Å²) in [7, 11) is 0. The fourth-order valence-corrected chi connectivity index (χ4v) is 3.08. The highest BCUT2D eigenvalue weighted by molar-refractivity contribution is 5.98. The van der Waals surface area contributed by atoms with Crippen molar-refractivity contribution in [2.75, 3.05) is 6.79 Å². The van der Waals surface area contributed by atoms with Crippen LogP contribution in [0.25, 0.3) is 0 Å². The lowest BCUT2D eigenvalue weighted by atomic mass is 9.97. The first-order chi connectivity index (χ1) is 12.7. The molecule has 0 aliphatic carbocycles. The van der Waals surface area contributed by atoms with E-state index < -0.39 is 0 Å². The average molecular weight is 345 g/mol. The minimum absolute atomic E-state index is 0.139. The van der Waals surface area contributed by atoms with E-state index in [1.54, 1.807) is 18.2 Å². The summed E-state index contributed by atoms with van der Waals surface area (Å²) in [4.78, 5) is 13.0. The Morgan fingerprint density at radius 1 is 0.885 bits per heavy atom. The molecule has 0 bridgehead atoms. The lowest BCUT2D eigenvalue weighted by Gasteiger charge is -2.20. The molecule has 3 aromatic carbocycles. The van der Waals surface area contributed by atoms with Gasteiger partial charge in [0.25, 0.3) is 5.91 Å². The number of fused-ring (bicyclic) bond motifs is 1. The topological polar surface area (TPSA) is 47.6 Å². The fourth-order valence-electron chi connectivity index (χ4n) is 3.08. The Morgan fingerprint density at radius 3 is 2.38 bits per heavy atom.